The predicted molar refractivity (Wildman–Crippen MR) is 36.8 cm³/mol. The minimum absolute atomic E-state index is 0.542. The molecule has 3 heteroatoms. The highest BCUT2D eigenvalue weighted by Gasteiger charge is 1.86. The maximum Gasteiger partial charge on any atom is 0.240 e. The maximum atomic E-state index is 9.74. The molecule has 10 heavy (non-hydrogen) atoms. The molecule has 0 saturated heterocycles. The van der Waals surface area contributed by atoms with Gasteiger partial charge in [0, 0.05) is 5.69 Å². The molecule has 0 atom stereocenters. The lowest BCUT2D eigenvalue weighted by Gasteiger charge is -1.89. The van der Waals surface area contributed by atoms with Crippen molar-refractivity contribution in [2.75, 3.05) is 0 Å². The number of rotatable bonds is 1. The largest absolute Gasteiger partial charge is 0.259 e. The molecule has 0 spiro atoms. The number of hydrogen-bond acceptors (Lipinski definition) is 3. The van der Waals surface area contributed by atoms with Gasteiger partial charge in [-0.2, -0.15) is 4.99 Å². The van der Waals surface area contributed by atoms with Crippen molar-refractivity contribution < 1.29 is 4.79 Å². The van der Waals surface area contributed by atoms with E-state index < -0.39 is 0 Å². The second-order valence-electron chi connectivity index (χ2n) is 1.86. The van der Waals surface area contributed by atoms with Crippen molar-refractivity contribution in [2.24, 2.45) is 4.99 Å². The van der Waals surface area contributed by atoms with Crippen LogP contribution in [-0.2, 0) is 4.79 Å². The summed E-state index contributed by atoms with van der Waals surface area (Å²) in [4.78, 5) is 17.0. The van der Waals surface area contributed by atoms with E-state index in [0.29, 0.717) is 5.69 Å². The average molecular weight is 134 g/mol. The molecular formula is C7H6N2O. The first-order valence-electron chi connectivity index (χ1n) is 2.83. The Bertz CT molecular complexity index is 259. The van der Waals surface area contributed by atoms with E-state index in [1.54, 1.807) is 12.1 Å². The van der Waals surface area contributed by atoms with Gasteiger partial charge in [0.15, 0.2) is 0 Å². The molecule has 0 fully saturated rings. The second-order valence-corrected chi connectivity index (χ2v) is 1.86. The molecule has 0 N–H and O–H groups in total. The summed E-state index contributed by atoms with van der Waals surface area (Å²) in [5.74, 6) is 0. The Kier molecular flexibility index (Phi) is 1.92. The lowest BCUT2D eigenvalue weighted by molar-refractivity contribution is 0.565. The average Bonchev–Trinajstić information content (AvgIpc) is 1.95. The quantitative estimate of drug-likeness (QED) is 0.430. The minimum atomic E-state index is 0.542. The molecule has 0 aliphatic heterocycles. The summed E-state index contributed by atoms with van der Waals surface area (Å²) in [5.41, 5.74) is 1.45. The van der Waals surface area contributed by atoms with Gasteiger partial charge < -0.3 is 0 Å². The van der Waals surface area contributed by atoms with Gasteiger partial charge in [0.2, 0.25) is 6.08 Å². The normalized spacial score (nSPS) is 8.50. The maximum absolute atomic E-state index is 9.74. The predicted octanol–water partition coefficient (Wildman–Crippen LogP) is 1.36. The van der Waals surface area contributed by atoms with E-state index >= 15 is 0 Å². The molecule has 1 aromatic heterocycles. The molecule has 0 aliphatic carbocycles. The molecule has 50 valence electrons. The fourth-order valence-corrected chi connectivity index (χ4v) is 0.579. The van der Waals surface area contributed by atoms with Gasteiger partial charge in [-0.3, -0.25) is 4.98 Å². The van der Waals surface area contributed by atoms with E-state index in [1.807, 2.05) is 6.92 Å². The number of nitrogens with zero attached hydrogens (tertiary/aromatic N) is 2. The zero-order valence-electron chi connectivity index (χ0n) is 5.53. The van der Waals surface area contributed by atoms with Crippen LogP contribution in [0.5, 0.6) is 0 Å². The molecule has 0 bridgehead atoms. The summed E-state index contributed by atoms with van der Waals surface area (Å²) in [7, 11) is 0. The standard InChI is InChI=1S/C7H6N2O/c1-6-2-3-7(4-8-6)9-5-10/h2-4H,1H3. The Morgan fingerprint density at radius 2 is 2.40 bits per heavy atom. The molecule has 0 radical (unpaired) electrons. The smallest absolute Gasteiger partial charge is 0.240 e. The summed E-state index contributed by atoms with van der Waals surface area (Å²) in [6, 6.07) is 3.50. The first kappa shape index (κ1) is 6.65. The van der Waals surface area contributed by atoms with Crippen molar-refractivity contribution in [3.05, 3.63) is 24.0 Å². The van der Waals surface area contributed by atoms with Crippen molar-refractivity contribution in [1.82, 2.24) is 4.98 Å². The summed E-state index contributed by atoms with van der Waals surface area (Å²) in [5, 5.41) is 0. The molecule has 1 heterocycles. The Morgan fingerprint density at radius 1 is 1.60 bits per heavy atom. The molecule has 0 saturated carbocycles. The lowest BCUT2D eigenvalue weighted by Crippen LogP contribution is -1.75. The van der Waals surface area contributed by atoms with Crippen LogP contribution in [0.2, 0.25) is 0 Å². The topological polar surface area (TPSA) is 42.3 Å². The number of aromatic nitrogens is 1. The van der Waals surface area contributed by atoms with E-state index in [0.717, 1.165) is 5.69 Å². The Morgan fingerprint density at radius 3 is 2.90 bits per heavy atom. The molecule has 0 unspecified atom stereocenters. The third-order valence-corrected chi connectivity index (χ3v) is 1.07. The number of aliphatic imine (C=N–C) groups is 1. The highest BCUT2D eigenvalue weighted by molar-refractivity contribution is 5.47. The van der Waals surface area contributed by atoms with Gasteiger partial charge in [0.05, 0.1) is 11.9 Å². The zero-order valence-corrected chi connectivity index (χ0v) is 5.53. The minimum Gasteiger partial charge on any atom is -0.259 e. The summed E-state index contributed by atoms with van der Waals surface area (Å²) in [6.45, 7) is 1.87. The third kappa shape index (κ3) is 1.50. The number of pyridine rings is 1. The number of aryl methyl sites for hydroxylation is 1. The van der Waals surface area contributed by atoms with E-state index in [-0.39, 0.29) is 0 Å². The number of hydrogen-bond donors (Lipinski definition) is 0. The fraction of sp³-hybridized carbons (Fsp3) is 0.143. The SMILES string of the molecule is Cc1ccc(N=C=O)cn1. The van der Waals surface area contributed by atoms with Crippen LogP contribution < -0.4 is 0 Å². The lowest BCUT2D eigenvalue weighted by atomic mass is 10.3. The van der Waals surface area contributed by atoms with Crippen LogP contribution >= 0.6 is 0 Å². The fourth-order valence-electron chi connectivity index (χ4n) is 0.579. The first-order valence-corrected chi connectivity index (χ1v) is 2.83. The summed E-state index contributed by atoms with van der Waals surface area (Å²) >= 11 is 0. The van der Waals surface area contributed by atoms with E-state index in [1.165, 1.54) is 12.3 Å². The Labute approximate surface area is 58.4 Å². The number of isocyanates is 1. The van der Waals surface area contributed by atoms with Crippen LogP contribution in [0.3, 0.4) is 0 Å². The second kappa shape index (κ2) is 2.90. The van der Waals surface area contributed by atoms with Crippen LogP contribution in [0.1, 0.15) is 5.69 Å². The van der Waals surface area contributed by atoms with Gasteiger partial charge in [0.1, 0.15) is 0 Å². The highest BCUT2D eigenvalue weighted by atomic mass is 16.1. The third-order valence-electron chi connectivity index (χ3n) is 1.07. The van der Waals surface area contributed by atoms with Crippen molar-refractivity contribution in [1.29, 1.82) is 0 Å². The molecule has 1 rings (SSSR count). The zero-order chi connectivity index (χ0) is 7.40. The van der Waals surface area contributed by atoms with Gasteiger partial charge in [-0.05, 0) is 19.1 Å². The first-order chi connectivity index (χ1) is 4.83. The van der Waals surface area contributed by atoms with Crippen molar-refractivity contribution in [3.8, 4) is 0 Å². The molecule has 0 aliphatic rings. The van der Waals surface area contributed by atoms with Crippen LogP contribution in [0.15, 0.2) is 23.3 Å². The van der Waals surface area contributed by atoms with Crippen LogP contribution in [-0.4, -0.2) is 11.1 Å². The van der Waals surface area contributed by atoms with Gasteiger partial charge in [-0.15, -0.1) is 0 Å². The molecule has 1 aromatic rings. The van der Waals surface area contributed by atoms with E-state index in [4.69, 9.17) is 0 Å². The van der Waals surface area contributed by atoms with Gasteiger partial charge in [-0.25, -0.2) is 4.79 Å². The van der Waals surface area contributed by atoms with Crippen LogP contribution in [0.4, 0.5) is 5.69 Å². The van der Waals surface area contributed by atoms with Crippen molar-refractivity contribution in [2.45, 2.75) is 6.92 Å². The summed E-state index contributed by atoms with van der Waals surface area (Å²) in [6.07, 6.45) is 2.97. The van der Waals surface area contributed by atoms with Crippen molar-refractivity contribution >= 4 is 11.8 Å². The van der Waals surface area contributed by atoms with E-state index in [2.05, 4.69) is 9.98 Å². The summed E-state index contributed by atoms with van der Waals surface area (Å²) < 4.78 is 0. The molecule has 0 amide bonds. The van der Waals surface area contributed by atoms with Crippen LogP contribution in [0, 0.1) is 6.92 Å². The highest BCUT2D eigenvalue weighted by Crippen LogP contribution is 2.07. The van der Waals surface area contributed by atoms with Gasteiger partial charge in [-0.1, -0.05) is 0 Å². The number of carbonyl (C=O) groups excluding carboxylic acids is 1. The van der Waals surface area contributed by atoms with Crippen LogP contribution in [0.25, 0.3) is 0 Å². The van der Waals surface area contributed by atoms with E-state index in [9.17, 15) is 4.79 Å². The van der Waals surface area contributed by atoms with Gasteiger partial charge >= 0.3 is 0 Å². The van der Waals surface area contributed by atoms with Gasteiger partial charge in [0.25, 0.3) is 0 Å². The molecular weight excluding hydrogens is 128 g/mol. The molecule has 0 aromatic carbocycles. The Balaban J connectivity index is 3.00. The van der Waals surface area contributed by atoms with Crippen molar-refractivity contribution in [3.63, 3.8) is 0 Å². The Hall–Kier alpha value is -1.47. The monoisotopic (exact) mass is 134 g/mol. The molecule has 3 nitrogen and oxygen atoms in total.